The molecule has 0 saturated carbocycles. The molecule has 0 spiro atoms. The number of hydrogen-bond donors (Lipinski definition) is 2. The van der Waals surface area contributed by atoms with Gasteiger partial charge in [-0.1, -0.05) is 12.1 Å². The van der Waals surface area contributed by atoms with Gasteiger partial charge in [0, 0.05) is 6.20 Å². The second kappa shape index (κ2) is 3.55. The van der Waals surface area contributed by atoms with Crippen molar-refractivity contribution in [1.29, 1.82) is 0 Å². The number of para-hydroxylation sites is 2. The third-order valence-corrected chi connectivity index (χ3v) is 3.12. The lowest BCUT2D eigenvalue weighted by molar-refractivity contribution is 0.989. The van der Waals surface area contributed by atoms with Gasteiger partial charge in [-0.3, -0.25) is 0 Å². The molecule has 2 aromatic heterocycles. The highest BCUT2D eigenvalue weighted by molar-refractivity contribution is 5.81. The summed E-state index contributed by atoms with van der Waals surface area (Å²) in [6.07, 6.45) is 1.70. The van der Waals surface area contributed by atoms with E-state index in [0.717, 1.165) is 16.9 Å². The van der Waals surface area contributed by atoms with Crippen molar-refractivity contribution in [2.45, 2.75) is 0 Å². The third-order valence-electron chi connectivity index (χ3n) is 3.12. The first-order valence-electron chi connectivity index (χ1n) is 5.84. The topological polar surface area (TPSA) is 75.6 Å². The van der Waals surface area contributed by atoms with Gasteiger partial charge < -0.3 is 5.32 Å². The van der Waals surface area contributed by atoms with Crippen LogP contribution in [0.4, 0.5) is 11.5 Å². The second-order valence-electron chi connectivity index (χ2n) is 4.23. The first-order chi connectivity index (χ1) is 9.34. The number of H-pyrrole nitrogens is 1. The number of aromatic nitrogens is 4. The van der Waals surface area contributed by atoms with Gasteiger partial charge in [0.25, 0.3) is 0 Å². The first kappa shape index (κ1) is 10.1. The number of fused-ring (bicyclic) bond motifs is 5. The molecule has 1 aromatic carbocycles. The maximum atomic E-state index is 12.0. The highest BCUT2D eigenvalue weighted by Gasteiger charge is 2.22. The summed E-state index contributed by atoms with van der Waals surface area (Å²) in [5.74, 6) is 1.25. The third kappa shape index (κ3) is 1.33. The Bertz CT molecular complexity index is 833. The number of rotatable bonds is 0. The monoisotopic (exact) mass is 251 g/mol. The molecule has 0 amide bonds. The Morgan fingerprint density at radius 1 is 1.11 bits per heavy atom. The van der Waals surface area contributed by atoms with Gasteiger partial charge in [-0.15, -0.1) is 0 Å². The highest BCUT2D eigenvalue weighted by atomic mass is 16.1. The Kier molecular flexibility index (Phi) is 1.88. The molecule has 0 aliphatic carbocycles. The van der Waals surface area contributed by atoms with Crippen molar-refractivity contribution in [2.75, 3.05) is 5.32 Å². The Labute approximate surface area is 107 Å². The van der Waals surface area contributed by atoms with Crippen molar-refractivity contribution in [1.82, 2.24) is 19.7 Å². The fourth-order valence-electron chi connectivity index (χ4n) is 2.29. The molecule has 6 nitrogen and oxygen atoms in total. The van der Waals surface area contributed by atoms with E-state index in [1.807, 2.05) is 36.4 Å². The van der Waals surface area contributed by atoms with E-state index in [2.05, 4.69) is 20.5 Å². The lowest BCUT2D eigenvalue weighted by Gasteiger charge is -2.07. The molecule has 3 heterocycles. The number of hydrogen-bond acceptors (Lipinski definition) is 4. The van der Waals surface area contributed by atoms with E-state index >= 15 is 0 Å². The molecule has 19 heavy (non-hydrogen) atoms. The van der Waals surface area contributed by atoms with Crippen LogP contribution in [0.5, 0.6) is 0 Å². The van der Waals surface area contributed by atoms with Gasteiger partial charge >= 0.3 is 5.69 Å². The molecular weight excluding hydrogens is 242 g/mol. The van der Waals surface area contributed by atoms with Gasteiger partial charge in [-0.25, -0.2) is 19.4 Å². The molecule has 0 fully saturated rings. The van der Waals surface area contributed by atoms with E-state index in [9.17, 15) is 4.79 Å². The van der Waals surface area contributed by atoms with Crippen molar-refractivity contribution in [3.8, 4) is 17.1 Å². The molecule has 0 saturated heterocycles. The van der Waals surface area contributed by atoms with Crippen molar-refractivity contribution >= 4 is 11.5 Å². The second-order valence-corrected chi connectivity index (χ2v) is 4.23. The van der Waals surface area contributed by atoms with Gasteiger partial charge in [-0.2, -0.15) is 5.10 Å². The molecule has 92 valence electrons. The molecule has 3 aromatic rings. The van der Waals surface area contributed by atoms with Crippen LogP contribution in [0.1, 0.15) is 0 Å². The zero-order valence-corrected chi connectivity index (χ0v) is 9.79. The van der Waals surface area contributed by atoms with Crippen LogP contribution in [0.15, 0.2) is 47.4 Å². The standard InChI is InChI=1S/C13H9N5O/c19-13-17-16-12-8-4-3-7-14-11(8)15-9-5-1-2-6-10(9)18(12)13/h1-7H,(H,14,15)(H,17,19). The first-order valence-corrected chi connectivity index (χ1v) is 5.84. The van der Waals surface area contributed by atoms with E-state index in [0.29, 0.717) is 11.6 Å². The summed E-state index contributed by atoms with van der Waals surface area (Å²) in [5.41, 5.74) is 2.11. The van der Waals surface area contributed by atoms with Crippen LogP contribution in [0.2, 0.25) is 0 Å². The van der Waals surface area contributed by atoms with Crippen LogP contribution in [0.3, 0.4) is 0 Å². The van der Waals surface area contributed by atoms with E-state index in [1.54, 1.807) is 10.8 Å². The van der Waals surface area contributed by atoms with Crippen molar-refractivity contribution in [3.05, 3.63) is 53.1 Å². The average Bonchev–Trinajstić information content (AvgIpc) is 2.75. The molecule has 6 heteroatoms. The molecule has 1 aliphatic rings. The lowest BCUT2D eigenvalue weighted by atomic mass is 10.2. The summed E-state index contributed by atoms with van der Waals surface area (Å²) >= 11 is 0. The molecule has 0 bridgehead atoms. The van der Waals surface area contributed by atoms with E-state index in [1.165, 1.54) is 0 Å². The predicted molar refractivity (Wildman–Crippen MR) is 70.7 cm³/mol. The summed E-state index contributed by atoms with van der Waals surface area (Å²) in [4.78, 5) is 16.3. The number of nitrogens with zero attached hydrogens (tertiary/aromatic N) is 3. The van der Waals surface area contributed by atoms with Crippen LogP contribution in [-0.4, -0.2) is 19.7 Å². The summed E-state index contributed by atoms with van der Waals surface area (Å²) < 4.78 is 1.55. The molecule has 0 radical (unpaired) electrons. The van der Waals surface area contributed by atoms with Crippen LogP contribution in [-0.2, 0) is 0 Å². The van der Waals surface area contributed by atoms with Crippen LogP contribution in [0, 0.1) is 0 Å². The fraction of sp³-hybridized carbons (Fsp3) is 0. The highest BCUT2D eigenvalue weighted by Crippen LogP contribution is 2.34. The molecule has 0 atom stereocenters. The SMILES string of the molecule is O=c1[nH]nc2n1-c1ccccc1Nc1ncccc1-2. The quantitative estimate of drug-likeness (QED) is 0.498. The lowest BCUT2D eigenvalue weighted by Crippen LogP contribution is -2.15. The molecule has 1 aliphatic heterocycles. The minimum atomic E-state index is -0.263. The van der Waals surface area contributed by atoms with Gasteiger partial charge in [0.05, 0.1) is 16.9 Å². The average molecular weight is 251 g/mol. The Balaban J connectivity index is 2.17. The number of aromatic amines is 1. The summed E-state index contributed by atoms with van der Waals surface area (Å²) in [6.45, 7) is 0. The zero-order chi connectivity index (χ0) is 12.8. The predicted octanol–water partition coefficient (Wildman–Crippen LogP) is 1.68. The van der Waals surface area contributed by atoms with Gasteiger partial charge in [0.2, 0.25) is 0 Å². The van der Waals surface area contributed by atoms with Gasteiger partial charge in [0.1, 0.15) is 5.82 Å². The van der Waals surface area contributed by atoms with Crippen molar-refractivity contribution in [2.24, 2.45) is 0 Å². The summed E-state index contributed by atoms with van der Waals surface area (Å²) in [5, 5.41) is 9.83. The molecular formula is C13H9N5O. The largest absolute Gasteiger partial charge is 0.348 e. The van der Waals surface area contributed by atoms with Gasteiger partial charge in [0.15, 0.2) is 5.82 Å². The van der Waals surface area contributed by atoms with E-state index < -0.39 is 0 Å². The Morgan fingerprint density at radius 2 is 2.00 bits per heavy atom. The van der Waals surface area contributed by atoms with Crippen LogP contribution in [0.25, 0.3) is 17.1 Å². The Morgan fingerprint density at radius 3 is 2.95 bits per heavy atom. The summed E-state index contributed by atoms with van der Waals surface area (Å²) in [6, 6.07) is 11.3. The Hall–Kier alpha value is -2.89. The smallest absolute Gasteiger partial charge is 0.338 e. The molecule has 0 unspecified atom stereocenters. The fourth-order valence-corrected chi connectivity index (χ4v) is 2.29. The number of pyridine rings is 1. The maximum absolute atomic E-state index is 12.0. The number of benzene rings is 1. The van der Waals surface area contributed by atoms with Crippen molar-refractivity contribution < 1.29 is 0 Å². The normalized spacial score (nSPS) is 11.8. The zero-order valence-electron chi connectivity index (χ0n) is 9.79. The van der Waals surface area contributed by atoms with Crippen LogP contribution >= 0.6 is 0 Å². The van der Waals surface area contributed by atoms with Crippen molar-refractivity contribution in [3.63, 3.8) is 0 Å². The molecule has 4 rings (SSSR count). The van der Waals surface area contributed by atoms with E-state index in [-0.39, 0.29) is 5.69 Å². The van der Waals surface area contributed by atoms with E-state index in [4.69, 9.17) is 0 Å². The maximum Gasteiger partial charge on any atom is 0.348 e. The number of nitrogens with one attached hydrogen (secondary N) is 2. The minimum absolute atomic E-state index is 0.263. The van der Waals surface area contributed by atoms with Crippen LogP contribution < -0.4 is 11.0 Å². The van der Waals surface area contributed by atoms with Gasteiger partial charge in [-0.05, 0) is 24.3 Å². The minimum Gasteiger partial charge on any atom is -0.338 e. The molecule has 2 N–H and O–H groups in total. The number of anilines is 2. The summed E-state index contributed by atoms with van der Waals surface area (Å²) in [7, 11) is 0.